The fourth-order valence-electron chi connectivity index (χ4n) is 1.73. The van der Waals surface area contributed by atoms with Crippen LogP contribution in [0.2, 0.25) is 5.02 Å². The Labute approximate surface area is 110 Å². The van der Waals surface area contributed by atoms with Crippen LogP contribution < -0.4 is 11.3 Å². The fourth-order valence-corrected chi connectivity index (χ4v) is 1.92. The van der Waals surface area contributed by atoms with Gasteiger partial charge in [-0.25, -0.2) is 9.82 Å². The van der Waals surface area contributed by atoms with Gasteiger partial charge in [0.15, 0.2) is 0 Å². The molecule has 0 fully saturated rings. The number of hydrazine groups is 1. The zero-order chi connectivity index (χ0) is 13.1. The van der Waals surface area contributed by atoms with Crippen molar-refractivity contribution in [3.63, 3.8) is 0 Å². The summed E-state index contributed by atoms with van der Waals surface area (Å²) in [5.74, 6) is 5.09. The molecule has 0 saturated heterocycles. The highest BCUT2D eigenvalue weighted by Crippen LogP contribution is 2.25. The monoisotopic (exact) mass is 265 g/mol. The highest BCUT2D eigenvalue weighted by molar-refractivity contribution is 6.31. The van der Waals surface area contributed by atoms with Crippen LogP contribution in [-0.2, 0) is 0 Å². The lowest BCUT2D eigenvalue weighted by Crippen LogP contribution is -2.30. The lowest BCUT2D eigenvalue weighted by molar-refractivity contribution is 0.543. The van der Waals surface area contributed by atoms with Crippen molar-refractivity contribution >= 4 is 11.6 Å². The largest absolute Gasteiger partial charge is 0.271 e. The molecular weight excluding hydrogens is 253 g/mol. The third kappa shape index (κ3) is 2.51. The molecule has 0 aliphatic rings. The second kappa shape index (κ2) is 5.44. The molecule has 18 heavy (non-hydrogen) atoms. The van der Waals surface area contributed by atoms with E-state index >= 15 is 0 Å². The highest BCUT2D eigenvalue weighted by Gasteiger charge is 2.18. The topological polar surface area (TPSA) is 50.9 Å². The molecule has 1 heterocycles. The summed E-state index contributed by atoms with van der Waals surface area (Å²) < 4.78 is 13.7. The van der Waals surface area contributed by atoms with Gasteiger partial charge in [0.1, 0.15) is 5.82 Å². The van der Waals surface area contributed by atoms with E-state index in [4.69, 9.17) is 17.4 Å². The van der Waals surface area contributed by atoms with E-state index in [1.54, 1.807) is 6.07 Å². The van der Waals surface area contributed by atoms with Gasteiger partial charge in [-0.05, 0) is 36.2 Å². The molecule has 1 aromatic heterocycles. The molecule has 0 aliphatic heterocycles. The first-order valence-electron chi connectivity index (χ1n) is 5.46. The summed E-state index contributed by atoms with van der Waals surface area (Å²) in [6.07, 6.45) is 1.53. The maximum atomic E-state index is 13.7. The normalized spacial score (nSPS) is 12.4. The fraction of sp³-hybridized carbons (Fsp3) is 0.154. The molecule has 3 nitrogen and oxygen atoms in total. The number of aryl methyl sites for hydroxylation is 1. The van der Waals surface area contributed by atoms with Crippen molar-refractivity contribution in [1.29, 1.82) is 0 Å². The molecular formula is C13H13ClFN3. The smallest absolute Gasteiger partial charge is 0.146 e. The predicted molar refractivity (Wildman–Crippen MR) is 69.6 cm³/mol. The van der Waals surface area contributed by atoms with Crippen molar-refractivity contribution in [2.24, 2.45) is 5.84 Å². The summed E-state index contributed by atoms with van der Waals surface area (Å²) in [6.45, 7) is 1.90. The molecule has 0 amide bonds. The van der Waals surface area contributed by atoms with E-state index in [2.05, 4.69) is 10.4 Å². The number of nitrogens with two attached hydrogens (primary N) is 1. The van der Waals surface area contributed by atoms with Gasteiger partial charge in [-0.15, -0.1) is 0 Å². The average molecular weight is 266 g/mol. The number of pyridine rings is 1. The van der Waals surface area contributed by atoms with Crippen LogP contribution >= 0.6 is 11.6 Å². The van der Waals surface area contributed by atoms with E-state index in [1.165, 1.54) is 18.3 Å². The third-order valence-electron chi connectivity index (χ3n) is 2.76. The Morgan fingerprint density at radius 2 is 2.17 bits per heavy atom. The molecule has 1 aromatic carbocycles. The molecule has 0 spiro atoms. The Hall–Kier alpha value is -1.49. The van der Waals surface area contributed by atoms with E-state index in [1.807, 2.05) is 19.1 Å². The van der Waals surface area contributed by atoms with Crippen LogP contribution in [-0.4, -0.2) is 4.98 Å². The van der Waals surface area contributed by atoms with Crippen LogP contribution in [0.5, 0.6) is 0 Å². The molecule has 5 heteroatoms. The van der Waals surface area contributed by atoms with Crippen LogP contribution in [0.3, 0.4) is 0 Å². The quantitative estimate of drug-likeness (QED) is 0.663. The van der Waals surface area contributed by atoms with Gasteiger partial charge < -0.3 is 0 Å². The van der Waals surface area contributed by atoms with E-state index in [9.17, 15) is 4.39 Å². The van der Waals surface area contributed by atoms with E-state index in [0.29, 0.717) is 5.02 Å². The van der Waals surface area contributed by atoms with Crippen LogP contribution in [0.4, 0.5) is 4.39 Å². The molecule has 2 aromatic rings. The lowest BCUT2D eigenvalue weighted by Gasteiger charge is -2.17. The van der Waals surface area contributed by atoms with Gasteiger partial charge in [0, 0.05) is 11.2 Å². The number of aromatic nitrogens is 1. The van der Waals surface area contributed by atoms with Crippen molar-refractivity contribution in [2.45, 2.75) is 13.0 Å². The summed E-state index contributed by atoms with van der Waals surface area (Å²) in [4.78, 5) is 4.02. The molecule has 2 rings (SSSR count). The maximum Gasteiger partial charge on any atom is 0.146 e. The van der Waals surface area contributed by atoms with Gasteiger partial charge in [-0.2, -0.15) is 0 Å². The van der Waals surface area contributed by atoms with E-state index < -0.39 is 11.9 Å². The minimum Gasteiger partial charge on any atom is -0.271 e. The van der Waals surface area contributed by atoms with Crippen LogP contribution in [0.25, 0.3) is 0 Å². The molecule has 0 aliphatic carbocycles. The van der Waals surface area contributed by atoms with Crippen molar-refractivity contribution in [3.05, 3.63) is 64.2 Å². The molecule has 0 bridgehead atoms. The van der Waals surface area contributed by atoms with Crippen molar-refractivity contribution < 1.29 is 4.39 Å². The van der Waals surface area contributed by atoms with Crippen molar-refractivity contribution in [1.82, 2.24) is 10.4 Å². The van der Waals surface area contributed by atoms with Crippen LogP contribution in [0.15, 0.2) is 36.5 Å². The number of hydrogen-bond donors (Lipinski definition) is 2. The minimum absolute atomic E-state index is 0.250. The first-order valence-corrected chi connectivity index (χ1v) is 5.84. The summed E-state index contributed by atoms with van der Waals surface area (Å²) in [6, 6.07) is 7.83. The van der Waals surface area contributed by atoms with Gasteiger partial charge in [-0.3, -0.25) is 10.8 Å². The first kappa shape index (κ1) is 13.0. The summed E-state index contributed by atoms with van der Waals surface area (Å²) in [5.41, 5.74) is 4.54. The Bertz CT molecular complexity index is 560. The van der Waals surface area contributed by atoms with Gasteiger partial charge in [0.05, 0.1) is 11.7 Å². The Morgan fingerprint density at radius 3 is 2.78 bits per heavy atom. The second-order valence-corrected chi connectivity index (χ2v) is 4.39. The van der Waals surface area contributed by atoms with Gasteiger partial charge in [0.2, 0.25) is 0 Å². The highest BCUT2D eigenvalue weighted by atomic mass is 35.5. The zero-order valence-corrected chi connectivity index (χ0v) is 10.6. The number of nitrogens with one attached hydrogen (secondary N) is 1. The minimum atomic E-state index is -0.524. The van der Waals surface area contributed by atoms with Gasteiger partial charge in [0.25, 0.3) is 0 Å². The molecule has 0 saturated carbocycles. The van der Waals surface area contributed by atoms with Crippen molar-refractivity contribution in [3.8, 4) is 0 Å². The zero-order valence-electron chi connectivity index (χ0n) is 9.82. The molecule has 1 atom stereocenters. The molecule has 3 N–H and O–H groups in total. The van der Waals surface area contributed by atoms with Crippen LogP contribution in [0.1, 0.15) is 22.9 Å². The van der Waals surface area contributed by atoms with E-state index in [-0.39, 0.29) is 5.69 Å². The summed E-state index contributed by atoms with van der Waals surface area (Å²) in [5, 5.41) is 0.615. The lowest BCUT2D eigenvalue weighted by atomic mass is 10.0. The molecule has 94 valence electrons. The van der Waals surface area contributed by atoms with Gasteiger partial charge >= 0.3 is 0 Å². The predicted octanol–water partition coefficient (Wildman–Crippen LogP) is 2.74. The third-order valence-corrected chi connectivity index (χ3v) is 3.16. The van der Waals surface area contributed by atoms with Crippen molar-refractivity contribution in [2.75, 3.05) is 0 Å². The number of benzene rings is 1. The van der Waals surface area contributed by atoms with E-state index in [0.717, 1.165) is 11.1 Å². The number of nitrogens with zero attached hydrogens (tertiary/aromatic N) is 1. The first-order chi connectivity index (χ1) is 8.63. The average Bonchev–Trinajstić information content (AvgIpc) is 2.37. The Balaban J connectivity index is 2.45. The molecule has 1 unspecified atom stereocenters. The Morgan fingerprint density at radius 1 is 1.39 bits per heavy atom. The summed E-state index contributed by atoms with van der Waals surface area (Å²) in [7, 11) is 0. The van der Waals surface area contributed by atoms with Crippen LogP contribution in [0, 0.1) is 12.7 Å². The standard InChI is InChI=1S/C13H13ClFN3/c1-8-4-5-9(7-10(8)14)12(18-16)13-11(15)3-2-6-17-13/h2-7,12,18H,16H2,1H3. The summed E-state index contributed by atoms with van der Waals surface area (Å²) >= 11 is 6.06. The maximum absolute atomic E-state index is 13.7. The second-order valence-electron chi connectivity index (χ2n) is 3.98. The number of rotatable bonds is 3. The molecule has 0 radical (unpaired) electrons. The number of hydrogen-bond acceptors (Lipinski definition) is 3. The Kier molecular flexibility index (Phi) is 3.91. The van der Waals surface area contributed by atoms with Gasteiger partial charge in [-0.1, -0.05) is 23.7 Å². The number of halogens is 2. The SMILES string of the molecule is Cc1ccc(C(NN)c2ncccc2F)cc1Cl.